The summed E-state index contributed by atoms with van der Waals surface area (Å²) >= 11 is 3.49. The van der Waals surface area contributed by atoms with E-state index in [1.165, 1.54) is 0 Å². The first-order valence-electron chi connectivity index (χ1n) is 6.13. The van der Waals surface area contributed by atoms with Crippen molar-refractivity contribution < 1.29 is 10.2 Å². The Hall–Kier alpha value is -0.460. The number of hydrogen-bond acceptors (Lipinski definition) is 4. The summed E-state index contributed by atoms with van der Waals surface area (Å²) in [6, 6.07) is 7.88. The molecule has 0 heterocycles. The summed E-state index contributed by atoms with van der Waals surface area (Å²) in [7, 11) is 0. The Labute approximate surface area is 117 Å². The summed E-state index contributed by atoms with van der Waals surface area (Å²) < 4.78 is 1.02. The minimum absolute atomic E-state index is 0.0412. The lowest BCUT2D eigenvalue weighted by Gasteiger charge is -2.22. The van der Waals surface area contributed by atoms with Gasteiger partial charge in [0.05, 0.1) is 13.2 Å². The van der Waals surface area contributed by atoms with Crippen molar-refractivity contribution in [3.05, 3.63) is 34.3 Å². The number of benzene rings is 1. The molecule has 4 nitrogen and oxygen atoms in total. The largest absolute Gasteiger partial charge is 0.395 e. The average Bonchev–Trinajstić information content (AvgIpc) is 2.36. The third-order valence-electron chi connectivity index (χ3n) is 2.89. The molecule has 102 valence electrons. The van der Waals surface area contributed by atoms with Gasteiger partial charge in [-0.1, -0.05) is 34.1 Å². The van der Waals surface area contributed by atoms with Crippen LogP contribution in [0.5, 0.6) is 0 Å². The Kier molecular flexibility index (Phi) is 7.46. The second-order valence-corrected chi connectivity index (χ2v) is 5.06. The van der Waals surface area contributed by atoms with E-state index in [-0.39, 0.29) is 19.3 Å². The molecule has 0 saturated heterocycles. The van der Waals surface area contributed by atoms with Gasteiger partial charge in [0.1, 0.15) is 0 Å². The Morgan fingerprint density at radius 1 is 1.11 bits per heavy atom. The summed E-state index contributed by atoms with van der Waals surface area (Å²) in [4.78, 5) is 2.01. The molecule has 1 aromatic rings. The van der Waals surface area contributed by atoms with Crippen LogP contribution >= 0.6 is 15.9 Å². The predicted molar refractivity (Wildman–Crippen MR) is 76.3 cm³/mol. The van der Waals surface area contributed by atoms with Crippen LogP contribution in [-0.2, 0) is 0 Å². The number of nitrogens with zero attached hydrogens (tertiary/aromatic N) is 1. The molecule has 4 N–H and O–H groups in total. The first-order valence-corrected chi connectivity index (χ1v) is 6.92. The van der Waals surface area contributed by atoms with E-state index >= 15 is 0 Å². The Bertz CT molecular complexity index is 344. The number of aliphatic hydroxyl groups is 2. The lowest BCUT2D eigenvalue weighted by atomic mass is 10.0. The number of halogens is 1. The zero-order valence-corrected chi connectivity index (χ0v) is 12.0. The van der Waals surface area contributed by atoms with Crippen molar-refractivity contribution in [1.82, 2.24) is 4.90 Å². The minimum Gasteiger partial charge on any atom is -0.395 e. The lowest BCUT2D eigenvalue weighted by Crippen LogP contribution is -2.32. The van der Waals surface area contributed by atoms with Crippen LogP contribution in [-0.4, -0.2) is 48.0 Å². The fraction of sp³-hybridized carbons (Fsp3) is 0.538. The van der Waals surface area contributed by atoms with Gasteiger partial charge in [-0.05, 0) is 18.1 Å². The van der Waals surface area contributed by atoms with E-state index in [0.29, 0.717) is 13.1 Å². The Morgan fingerprint density at radius 2 is 1.72 bits per heavy atom. The summed E-state index contributed by atoms with van der Waals surface area (Å²) in [6.07, 6.45) is 0.794. The van der Waals surface area contributed by atoms with Crippen molar-refractivity contribution in [2.45, 2.75) is 12.5 Å². The molecule has 0 radical (unpaired) electrons. The predicted octanol–water partition coefficient (Wildman–Crippen LogP) is 1.13. The topological polar surface area (TPSA) is 69.7 Å². The van der Waals surface area contributed by atoms with Crippen molar-refractivity contribution in [2.75, 3.05) is 32.8 Å². The van der Waals surface area contributed by atoms with Gasteiger partial charge >= 0.3 is 0 Å². The smallest absolute Gasteiger partial charge is 0.0558 e. The molecule has 1 unspecified atom stereocenters. The molecular formula is C13H21BrN2O2. The van der Waals surface area contributed by atoms with Crippen LogP contribution in [0, 0.1) is 0 Å². The van der Waals surface area contributed by atoms with E-state index in [4.69, 9.17) is 15.9 Å². The van der Waals surface area contributed by atoms with Crippen molar-refractivity contribution in [3.8, 4) is 0 Å². The quantitative estimate of drug-likeness (QED) is 0.672. The van der Waals surface area contributed by atoms with Gasteiger partial charge in [0.15, 0.2) is 0 Å². The van der Waals surface area contributed by atoms with Crippen LogP contribution in [0.25, 0.3) is 0 Å². The molecule has 18 heavy (non-hydrogen) atoms. The van der Waals surface area contributed by atoms with Crippen LogP contribution in [0.2, 0.25) is 0 Å². The average molecular weight is 317 g/mol. The standard InChI is InChI=1S/C13H21BrN2O2/c14-12-4-2-1-3-11(12)13(15)5-6-16(7-9-17)8-10-18/h1-4,13,17-18H,5-10,15H2. The molecule has 1 rings (SSSR count). The van der Waals surface area contributed by atoms with Crippen LogP contribution in [0.3, 0.4) is 0 Å². The van der Waals surface area contributed by atoms with Crippen LogP contribution < -0.4 is 5.73 Å². The van der Waals surface area contributed by atoms with E-state index in [0.717, 1.165) is 23.0 Å². The molecule has 0 aliphatic carbocycles. The molecule has 0 aromatic heterocycles. The van der Waals surface area contributed by atoms with Crippen molar-refractivity contribution in [2.24, 2.45) is 5.73 Å². The van der Waals surface area contributed by atoms with E-state index in [1.807, 2.05) is 29.2 Å². The van der Waals surface area contributed by atoms with Crippen LogP contribution in [0.1, 0.15) is 18.0 Å². The summed E-state index contributed by atoms with van der Waals surface area (Å²) in [6.45, 7) is 2.12. The molecule has 0 spiro atoms. The van der Waals surface area contributed by atoms with E-state index in [2.05, 4.69) is 15.9 Å². The molecule has 1 aromatic carbocycles. The van der Waals surface area contributed by atoms with Crippen LogP contribution in [0.15, 0.2) is 28.7 Å². The van der Waals surface area contributed by atoms with E-state index < -0.39 is 0 Å². The van der Waals surface area contributed by atoms with Gasteiger partial charge in [-0.2, -0.15) is 0 Å². The molecule has 0 fully saturated rings. The lowest BCUT2D eigenvalue weighted by molar-refractivity contribution is 0.157. The number of aliphatic hydroxyl groups excluding tert-OH is 2. The maximum Gasteiger partial charge on any atom is 0.0558 e. The zero-order valence-electron chi connectivity index (χ0n) is 10.4. The molecule has 0 bridgehead atoms. The highest BCUT2D eigenvalue weighted by Crippen LogP contribution is 2.23. The zero-order chi connectivity index (χ0) is 13.4. The molecule has 0 amide bonds. The van der Waals surface area contributed by atoms with Gasteiger partial charge in [-0.3, -0.25) is 4.90 Å². The monoisotopic (exact) mass is 316 g/mol. The number of hydrogen-bond donors (Lipinski definition) is 3. The van der Waals surface area contributed by atoms with Gasteiger partial charge in [-0.25, -0.2) is 0 Å². The van der Waals surface area contributed by atoms with Gasteiger partial charge in [-0.15, -0.1) is 0 Å². The molecular weight excluding hydrogens is 296 g/mol. The second-order valence-electron chi connectivity index (χ2n) is 4.21. The number of rotatable bonds is 8. The highest BCUT2D eigenvalue weighted by molar-refractivity contribution is 9.10. The Balaban J connectivity index is 2.49. The molecule has 0 aliphatic rings. The summed E-state index contributed by atoms with van der Waals surface area (Å²) in [5, 5.41) is 17.9. The molecule has 0 aliphatic heterocycles. The van der Waals surface area contributed by atoms with Gasteiger partial charge in [0.2, 0.25) is 0 Å². The van der Waals surface area contributed by atoms with Gasteiger partial charge < -0.3 is 15.9 Å². The SMILES string of the molecule is NC(CCN(CCO)CCO)c1ccccc1Br. The van der Waals surface area contributed by atoms with Crippen molar-refractivity contribution in [3.63, 3.8) is 0 Å². The van der Waals surface area contributed by atoms with Crippen molar-refractivity contribution >= 4 is 15.9 Å². The fourth-order valence-electron chi connectivity index (χ4n) is 1.87. The maximum absolute atomic E-state index is 8.93. The van der Waals surface area contributed by atoms with Crippen LogP contribution in [0.4, 0.5) is 0 Å². The van der Waals surface area contributed by atoms with E-state index in [9.17, 15) is 0 Å². The van der Waals surface area contributed by atoms with E-state index in [1.54, 1.807) is 0 Å². The number of nitrogens with two attached hydrogens (primary N) is 1. The first kappa shape index (κ1) is 15.6. The van der Waals surface area contributed by atoms with Crippen molar-refractivity contribution in [1.29, 1.82) is 0 Å². The normalized spacial score (nSPS) is 12.9. The third-order valence-corrected chi connectivity index (χ3v) is 3.62. The molecule has 5 heteroatoms. The highest BCUT2D eigenvalue weighted by atomic mass is 79.9. The fourth-order valence-corrected chi connectivity index (χ4v) is 2.45. The van der Waals surface area contributed by atoms with Gasteiger partial charge in [0.25, 0.3) is 0 Å². The highest BCUT2D eigenvalue weighted by Gasteiger charge is 2.11. The molecule has 0 saturated carbocycles. The summed E-state index contributed by atoms with van der Waals surface area (Å²) in [5.74, 6) is 0. The maximum atomic E-state index is 8.93. The third kappa shape index (κ3) is 5.04. The molecule has 1 atom stereocenters. The summed E-state index contributed by atoms with van der Waals surface area (Å²) in [5.41, 5.74) is 7.24. The first-order chi connectivity index (χ1) is 8.69. The minimum atomic E-state index is -0.0412. The Morgan fingerprint density at radius 3 is 2.28 bits per heavy atom. The second kappa shape index (κ2) is 8.61. The van der Waals surface area contributed by atoms with Gasteiger partial charge in [0, 0.05) is 30.1 Å².